The van der Waals surface area contributed by atoms with Crippen LogP contribution in [0, 0.1) is 13.8 Å². The van der Waals surface area contributed by atoms with E-state index in [9.17, 15) is 0 Å². The van der Waals surface area contributed by atoms with Crippen molar-refractivity contribution in [2.45, 2.75) is 27.3 Å². The summed E-state index contributed by atoms with van der Waals surface area (Å²) in [6.45, 7) is 8.23. The van der Waals surface area contributed by atoms with Gasteiger partial charge in [-0.05, 0) is 38.1 Å². The van der Waals surface area contributed by atoms with Crippen LogP contribution in [0.3, 0.4) is 0 Å². The first-order valence-electron chi connectivity index (χ1n) is 6.05. The van der Waals surface area contributed by atoms with Crippen LogP contribution in [-0.4, -0.2) is 11.5 Å². The summed E-state index contributed by atoms with van der Waals surface area (Å²) in [5.41, 5.74) is 3.63. The quantitative estimate of drug-likeness (QED) is 0.907. The fraction of sp³-hybridized carbons (Fsp3) is 0.357. The molecule has 0 saturated heterocycles. The number of hydrogen-bond donors (Lipinski definition) is 1. The second-order valence-electron chi connectivity index (χ2n) is 4.27. The first-order valence-corrected chi connectivity index (χ1v) is 7.66. The number of hydrogen-bond acceptors (Lipinski definition) is 3. The van der Waals surface area contributed by atoms with Gasteiger partial charge in [0.1, 0.15) is 5.01 Å². The number of benzene rings is 1. The van der Waals surface area contributed by atoms with Gasteiger partial charge in [0.05, 0.1) is 5.69 Å². The van der Waals surface area contributed by atoms with Gasteiger partial charge in [0.25, 0.3) is 0 Å². The molecule has 1 aromatic heterocycles. The second-order valence-corrected chi connectivity index (χ2v) is 6.27. The molecular formula is C14H17BrN2S. The van der Waals surface area contributed by atoms with Crippen molar-refractivity contribution in [3.63, 3.8) is 0 Å². The summed E-state index contributed by atoms with van der Waals surface area (Å²) in [7, 11) is 0. The van der Waals surface area contributed by atoms with Crippen molar-refractivity contribution in [2.75, 3.05) is 6.54 Å². The Balaban J connectivity index is 2.33. The number of nitrogens with zero attached hydrogens (tertiary/aromatic N) is 1. The molecule has 96 valence electrons. The van der Waals surface area contributed by atoms with Gasteiger partial charge in [-0.15, -0.1) is 11.3 Å². The highest BCUT2D eigenvalue weighted by Gasteiger charge is 2.11. The van der Waals surface area contributed by atoms with Crippen molar-refractivity contribution in [3.8, 4) is 10.6 Å². The van der Waals surface area contributed by atoms with E-state index >= 15 is 0 Å². The zero-order chi connectivity index (χ0) is 13.1. The fourth-order valence-corrected chi connectivity index (χ4v) is 3.41. The van der Waals surface area contributed by atoms with Crippen LogP contribution in [0.4, 0.5) is 0 Å². The second kappa shape index (κ2) is 5.95. The lowest BCUT2D eigenvalue weighted by atomic mass is 10.1. The van der Waals surface area contributed by atoms with Gasteiger partial charge < -0.3 is 5.32 Å². The van der Waals surface area contributed by atoms with Crippen molar-refractivity contribution >= 4 is 27.3 Å². The van der Waals surface area contributed by atoms with Gasteiger partial charge in [-0.25, -0.2) is 4.98 Å². The van der Waals surface area contributed by atoms with Gasteiger partial charge in [-0.3, -0.25) is 0 Å². The normalized spacial score (nSPS) is 10.9. The van der Waals surface area contributed by atoms with Crippen LogP contribution in [-0.2, 0) is 6.54 Å². The molecule has 18 heavy (non-hydrogen) atoms. The molecule has 0 radical (unpaired) electrons. The molecule has 2 aromatic rings. The molecule has 0 saturated carbocycles. The largest absolute Gasteiger partial charge is 0.312 e. The van der Waals surface area contributed by atoms with Crippen LogP contribution in [0.15, 0.2) is 22.7 Å². The summed E-state index contributed by atoms with van der Waals surface area (Å²) in [6, 6.07) is 6.34. The van der Waals surface area contributed by atoms with Gasteiger partial charge in [0.15, 0.2) is 0 Å². The minimum Gasteiger partial charge on any atom is -0.312 e. The number of halogens is 1. The van der Waals surface area contributed by atoms with Crippen LogP contribution in [0.25, 0.3) is 10.6 Å². The van der Waals surface area contributed by atoms with E-state index in [0.29, 0.717) is 0 Å². The van der Waals surface area contributed by atoms with Crippen LogP contribution in [0.1, 0.15) is 23.1 Å². The van der Waals surface area contributed by atoms with E-state index in [0.717, 1.165) is 28.3 Å². The summed E-state index contributed by atoms with van der Waals surface area (Å²) in [6.07, 6.45) is 0. The molecule has 0 aliphatic heterocycles. The number of aromatic nitrogens is 1. The molecule has 0 aliphatic rings. The molecule has 1 heterocycles. The van der Waals surface area contributed by atoms with Gasteiger partial charge in [0.2, 0.25) is 0 Å². The molecule has 0 fully saturated rings. The Morgan fingerprint density at radius 2 is 2.11 bits per heavy atom. The third-order valence-corrected chi connectivity index (χ3v) is 4.53. The summed E-state index contributed by atoms with van der Waals surface area (Å²) in [4.78, 5) is 6.02. The lowest BCUT2D eigenvalue weighted by Gasteiger charge is -2.02. The molecular weight excluding hydrogens is 308 g/mol. The average Bonchev–Trinajstić information content (AvgIpc) is 2.68. The van der Waals surface area contributed by atoms with E-state index in [-0.39, 0.29) is 0 Å². The summed E-state index contributed by atoms with van der Waals surface area (Å²) in [5.74, 6) is 0. The molecule has 0 unspecified atom stereocenters. The zero-order valence-electron chi connectivity index (χ0n) is 10.9. The van der Waals surface area contributed by atoms with E-state index in [2.05, 4.69) is 65.2 Å². The molecule has 2 nitrogen and oxygen atoms in total. The van der Waals surface area contributed by atoms with Crippen LogP contribution < -0.4 is 5.32 Å². The van der Waals surface area contributed by atoms with Crippen LogP contribution in [0.2, 0.25) is 0 Å². The zero-order valence-corrected chi connectivity index (χ0v) is 13.3. The first kappa shape index (κ1) is 13.7. The lowest BCUT2D eigenvalue weighted by Crippen LogP contribution is -2.11. The molecule has 2 rings (SSSR count). The Hall–Kier alpha value is -0.710. The van der Waals surface area contributed by atoms with E-state index in [1.807, 2.05) is 0 Å². The van der Waals surface area contributed by atoms with Crippen molar-refractivity contribution in [2.24, 2.45) is 0 Å². The maximum absolute atomic E-state index is 4.69. The SMILES string of the molecule is CCNCc1sc(-c2ccc(Br)cc2C)nc1C. The van der Waals surface area contributed by atoms with E-state index in [1.54, 1.807) is 11.3 Å². The third-order valence-electron chi connectivity index (χ3n) is 2.85. The molecule has 0 bridgehead atoms. The smallest absolute Gasteiger partial charge is 0.124 e. The van der Waals surface area contributed by atoms with E-state index in [1.165, 1.54) is 16.0 Å². The van der Waals surface area contributed by atoms with Crippen molar-refractivity contribution in [1.29, 1.82) is 0 Å². The highest BCUT2D eigenvalue weighted by molar-refractivity contribution is 9.10. The Morgan fingerprint density at radius 1 is 1.33 bits per heavy atom. The lowest BCUT2D eigenvalue weighted by molar-refractivity contribution is 0.731. The third kappa shape index (κ3) is 2.99. The number of rotatable bonds is 4. The van der Waals surface area contributed by atoms with Crippen LogP contribution >= 0.6 is 27.3 Å². The minimum absolute atomic E-state index is 0.912. The molecule has 0 spiro atoms. The molecule has 1 aromatic carbocycles. The predicted molar refractivity (Wildman–Crippen MR) is 82.1 cm³/mol. The maximum atomic E-state index is 4.69. The van der Waals surface area contributed by atoms with Gasteiger partial charge in [-0.2, -0.15) is 0 Å². The van der Waals surface area contributed by atoms with Gasteiger partial charge >= 0.3 is 0 Å². The summed E-state index contributed by atoms with van der Waals surface area (Å²) < 4.78 is 1.12. The Kier molecular flexibility index (Phi) is 4.54. The highest BCUT2D eigenvalue weighted by atomic mass is 79.9. The Bertz CT molecular complexity index is 549. The van der Waals surface area contributed by atoms with Crippen molar-refractivity contribution in [1.82, 2.24) is 10.3 Å². The van der Waals surface area contributed by atoms with E-state index in [4.69, 9.17) is 0 Å². The number of nitrogens with one attached hydrogen (secondary N) is 1. The summed E-state index contributed by atoms with van der Waals surface area (Å²) in [5, 5.41) is 4.47. The topological polar surface area (TPSA) is 24.9 Å². The molecule has 0 amide bonds. The number of aryl methyl sites for hydroxylation is 2. The van der Waals surface area contributed by atoms with Gasteiger partial charge in [-0.1, -0.05) is 28.9 Å². The monoisotopic (exact) mass is 324 g/mol. The van der Waals surface area contributed by atoms with Crippen molar-refractivity contribution in [3.05, 3.63) is 38.8 Å². The fourth-order valence-electron chi connectivity index (χ4n) is 1.81. The highest BCUT2D eigenvalue weighted by Crippen LogP contribution is 2.31. The van der Waals surface area contributed by atoms with E-state index < -0.39 is 0 Å². The first-order chi connectivity index (χ1) is 8.61. The summed E-state index contributed by atoms with van der Waals surface area (Å²) >= 11 is 5.28. The van der Waals surface area contributed by atoms with Gasteiger partial charge in [0, 0.05) is 21.5 Å². The molecule has 0 atom stereocenters. The molecule has 4 heteroatoms. The maximum Gasteiger partial charge on any atom is 0.124 e. The number of thiazole rings is 1. The average molecular weight is 325 g/mol. The Morgan fingerprint density at radius 3 is 2.78 bits per heavy atom. The predicted octanol–water partition coefficient (Wildman–Crippen LogP) is 4.30. The standard InChI is InChI=1S/C14H17BrN2S/c1-4-16-8-13-10(3)17-14(18-13)12-6-5-11(15)7-9(12)2/h5-7,16H,4,8H2,1-3H3. The van der Waals surface area contributed by atoms with Crippen LogP contribution in [0.5, 0.6) is 0 Å². The molecule has 0 aliphatic carbocycles. The minimum atomic E-state index is 0.912. The van der Waals surface area contributed by atoms with Crippen molar-refractivity contribution < 1.29 is 0 Å². The molecule has 1 N–H and O–H groups in total. The Labute approximate surface area is 121 Å².